The van der Waals surface area contributed by atoms with Crippen molar-refractivity contribution in [3.8, 4) is 0 Å². The second-order valence-electron chi connectivity index (χ2n) is 5.05. The highest BCUT2D eigenvalue weighted by Gasteiger charge is 2.08. The molecule has 22 heavy (non-hydrogen) atoms. The quantitative estimate of drug-likeness (QED) is 0.583. The molecule has 0 atom stereocenters. The van der Waals surface area contributed by atoms with Crippen LogP contribution >= 0.6 is 11.3 Å². The van der Waals surface area contributed by atoms with Gasteiger partial charge in [0, 0.05) is 11.3 Å². The van der Waals surface area contributed by atoms with Crippen molar-refractivity contribution in [1.29, 1.82) is 0 Å². The van der Waals surface area contributed by atoms with E-state index in [-0.39, 0.29) is 5.91 Å². The minimum absolute atomic E-state index is 0.102. The third-order valence-electron chi connectivity index (χ3n) is 3.60. The molecule has 1 amide bonds. The van der Waals surface area contributed by atoms with Crippen molar-refractivity contribution in [2.24, 2.45) is 0 Å². The number of hydrogen-bond donors (Lipinski definition) is 1. The largest absolute Gasteiger partial charge is 0.322 e. The first-order chi connectivity index (χ1) is 10.8. The number of fused-ring (bicyclic) bond motifs is 2. The van der Waals surface area contributed by atoms with Gasteiger partial charge in [0.15, 0.2) is 0 Å². The summed E-state index contributed by atoms with van der Waals surface area (Å²) in [6.45, 7) is 0. The standard InChI is InChI=1S/C18H12N2OS/c21-18(14-6-5-12-3-1-2-4-13(12)9-14)20-15-7-8-16-17(10-15)22-11-19-16/h1-11H,(H,20,21). The number of thiazole rings is 1. The smallest absolute Gasteiger partial charge is 0.255 e. The number of aromatic nitrogens is 1. The van der Waals surface area contributed by atoms with Crippen LogP contribution in [-0.4, -0.2) is 10.9 Å². The molecule has 3 aromatic carbocycles. The van der Waals surface area contributed by atoms with Crippen LogP contribution in [0, 0.1) is 0 Å². The molecule has 0 aliphatic rings. The zero-order valence-corrected chi connectivity index (χ0v) is 12.4. The van der Waals surface area contributed by atoms with Crippen LogP contribution in [0.5, 0.6) is 0 Å². The van der Waals surface area contributed by atoms with E-state index in [1.54, 1.807) is 16.8 Å². The van der Waals surface area contributed by atoms with Crippen LogP contribution in [0.2, 0.25) is 0 Å². The maximum Gasteiger partial charge on any atom is 0.255 e. The summed E-state index contributed by atoms with van der Waals surface area (Å²) in [6.07, 6.45) is 0. The summed E-state index contributed by atoms with van der Waals surface area (Å²) < 4.78 is 1.07. The number of nitrogens with one attached hydrogen (secondary N) is 1. The Morgan fingerprint density at radius 1 is 0.955 bits per heavy atom. The lowest BCUT2D eigenvalue weighted by Crippen LogP contribution is -2.11. The predicted molar refractivity (Wildman–Crippen MR) is 91.5 cm³/mol. The molecule has 4 aromatic rings. The molecule has 106 valence electrons. The lowest BCUT2D eigenvalue weighted by atomic mass is 10.1. The number of benzene rings is 3. The lowest BCUT2D eigenvalue weighted by molar-refractivity contribution is 0.102. The fourth-order valence-electron chi connectivity index (χ4n) is 2.47. The summed E-state index contributed by atoms with van der Waals surface area (Å²) in [5, 5.41) is 5.14. The van der Waals surface area contributed by atoms with Gasteiger partial charge < -0.3 is 5.32 Å². The molecule has 0 aliphatic heterocycles. The first kappa shape index (κ1) is 13.0. The van der Waals surface area contributed by atoms with Crippen LogP contribution in [0.3, 0.4) is 0 Å². The molecule has 0 saturated heterocycles. The van der Waals surface area contributed by atoms with Crippen molar-refractivity contribution in [2.45, 2.75) is 0 Å². The van der Waals surface area contributed by atoms with Gasteiger partial charge in [-0.25, -0.2) is 4.98 Å². The predicted octanol–water partition coefficient (Wildman–Crippen LogP) is 4.70. The SMILES string of the molecule is O=C(Nc1ccc2ncsc2c1)c1ccc2ccccc2c1. The van der Waals surface area contributed by atoms with Crippen LogP contribution < -0.4 is 5.32 Å². The molecule has 0 unspecified atom stereocenters. The highest BCUT2D eigenvalue weighted by Crippen LogP contribution is 2.23. The molecular formula is C18H12N2OS. The first-order valence-electron chi connectivity index (χ1n) is 6.93. The Bertz CT molecular complexity index is 990. The monoisotopic (exact) mass is 304 g/mol. The Morgan fingerprint density at radius 3 is 2.73 bits per heavy atom. The van der Waals surface area contributed by atoms with Crippen LogP contribution in [0.1, 0.15) is 10.4 Å². The third kappa shape index (κ3) is 2.34. The Balaban J connectivity index is 1.64. The number of rotatable bonds is 2. The van der Waals surface area contributed by atoms with Crippen LogP contribution in [-0.2, 0) is 0 Å². The van der Waals surface area contributed by atoms with E-state index >= 15 is 0 Å². The maximum atomic E-state index is 12.4. The van der Waals surface area contributed by atoms with Crippen molar-refractivity contribution >= 4 is 43.9 Å². The molecule has 0 bridgehead atoms. The van der Waals surface area contributed by atoms with Gasteiger partial charge >= 0.3 is 0 Å². The Kier molecular flexibility index (Phi) is 3.09. The third-order valence-corrected chi connectivity index (χ3v) is 4.39. The van der Waals surface area contributed by atoms with E-state index in [0.29, 0.717) is 5.56 Å². The van der Waals surface area contributed by atoms with E-state index in [2.05, 4.69) is 10.3 Å². The summed E-state index contributed by atoms with van der Waals surface area (Å²) >= 11 is 1.56. The zero-order chi connectivity index (χ0) is 14.9. The van der Waals surface area contributed by atoms with Crippen molar-refractivity contribution in [1.82, 2.24) is 4.98 Å². The summed E-state index contributed by atoms with van der Waals surface area (Å²) in [5.74, 6) is -0.102. The fraction of sp³-hybridized carbons (Fsp3) is 0. The molecule has 0 saturated carbocycles. The van der Waals surface area contributed by atoms with Crippen molar-refractivity contribution < 1.29 is 4.79 Å². The van der Waals surface area contributed by atoms with Crippen LogP contribution in [0.4, 0.5) is 5.69 Å². The van der Waals surface area contributed by atoms with Crippen LogP contribution in [0.15, 0.2) is 66.2 Å². The molecule has 0 radical (unpaired) electrons. The summed E-state index contributed by atoms with van der Waals surface area (Å²) in [6, 6.07) is 19.5. The number of carbonyl (C=O) groups is 1. The van der Waals surface area contributed by atoms with Gasteiger partial charge in [-0.3, -0.25) is 4.79 Å². The Labute approximate surface area is 131 Å². The van der Waals surface area contributed by atoms with Gasteiger partial charge in [-0.05, 0) is 41.1 Å². The molecule has 0 spiro atoms. The topological polar surface area (TPSA) is 42.0 Å². The van der Waals surface area contributed by atoms with Gasteiger partial charge in [0.25, 0.3) is 5.91 Å². The molecular weight excluding hydrogens is 292 g/mol. The van der Waals surface area contributed by atoms with Gasteiger partial charge in [0.2, 0.25) is 0 Å². The summed E-state index contributed by atoms with van der Waals surface area (Å²) in [7, 11) is 0. The minimum atomic E-state index is -0.102. The number of anilines is 1. The fourth-order valence-corrected chi connectivity index (χ4v) is 3.18. The minimum Gasteiger partial charge on any atom is -0.322 e. The normalized spacial score (nSPS) is 10.9. The van der Waals surface area contributed by atoms with Crippen molar-refractivity contribution in [3.63, 3.8) is 0 Å². The average molecular weight is 304 g/mol. The highest BCUT2D eigenvalue weighted by molar-refractivity contribution is 7.16. The Morgan fingerprint density at radius 2 is 1.82 bits per heavy atom. The molecule has 0 fully saturated rings. The molecule has 0 aliphatic carbocycles. The van der Waals surface area contributed by atoms with Gasteiger partial charge in [-0.15, -0.1) is 11.3 Å². The van der Waals surface area contributed by atoms with Gasteiger partial charge in [-0.2, -0.15) is 0 Å². The van der Waals surface area contributed by atoms with E-state index < -0.39 is 0 Å². The second kappa shape index (κ2) is 5.24. The second-order valence-corrected chi connectivity index (χ2v) is 5.94. The number of carbonyl (C=O) groups excluding carboxylic acids is 1. The van der Waals surface area contributed by atoms with Crippen molar-refractivity contribution in [3.05, 3.63) is 71.7 Å². The zero-order valence-electron chi connectivity index (χ0n) is 11.6. The number of hydrogen-bond acceptors (Lipinski definition) is 3. The van der Waals surface area contributed by atoms with E-state index in [1.165, 1.54) is 0 Å². The van der Waals surface area contributed by atoms with E-state index in [1.807, 2.05) is 60.7 Å². The van der Waals surface area contributed by atoms with Crippen molar-refractivity contribution in [2.75, 3.05) is 5.32 Å². The number of amides is 1. The summed E-state index contributed by atoms with van der Waals surface area (Å²) in [4.78, 5) is 16.6. The van der Waals surface area contributed by atoms with Gasteiger partial charge in [0.05, 0.1) is 15.7 Å². The molecule has 1 aromatic heterocycles. The maximum absolute atomic E-state index is 12.4. The molecule has 1 N–H and O–H groups in total. The molecule has 1 heterocycles. The molecule has 3 nitrogen and oxygen atoms in total. The highest BCUT2D eigenvalue weighted by atomic mass is 32.1. The molecule has 4 heteroatoms. The van der Waals surface area contributed by atoms with Crippen LogP contribution in [0.25, 0.3) is 21.0 Å². The van der Waals surface area contributed by atoms with E-state index in [4.69, 9.17) is 0 Å². The van der Waals surface area contributed by atoms with E-state index in [9.17, 15) is 4.79 Å². The molecule has 4 rings (SSSR count). The van der Waals surface area contributed by atoms with Gasteiger partial charge in [-0.1, -0.05) is 30.3 Å². The Hall–Kier alpha value is -2.72. The number of nitrogens with zero attached hydrogens (tertiary/aromatic N) is 1. The lowest BCUT2D eigenvalue weighted by Gasteiger charge is -2.06. The average Bonchev–Trinajstić information content (AvgIpc) is 3.02. The van der Waals surface area contributed by atoms with E-state index in [0.717, 1.165) is 26.7 Å². The first-order valence-corrected chi connectivity index (χ1v) is 7.81. The van der Waals surface area contributed by atoms with Gasteiger partial charge in [0.1, 0.15) is 0 Å². The summed E-state index contributed by atoms with van der Waals surface area (Å²) in [5.41, 5.74) is 4.20.